The third kappa shape index (κ3) is 3.86. The molecular weight excluding hydrogens is 357 g/mol. The van der Waals surface area contributed by atoms with Gasteiger partial charge in [-0.15, -0.1) is 0 Å². The number of hydrogen-bond acceptors (Lipinski definition) is 4. The molecular formula is C15H17F3N4O2S. The zero-order valence-corrected chi connectivity index (χ0v) is 14.1. The SMILES string of the molecule is CS(=O)(=O)NCc1nc2c([nH]1)CC(N)C(c1cc(F)c(F)cc1F)C2. The molecule has 1 aromatic heterocycles. The number of nitrogens with two attached hydrogens (primary N) is 1. The van der Waals surface area contributed by atoms with Crippen LogP contribution in [0, 0.1) is 17.5 Å². The van der Waals surface area contributed by atoms with Gasteiger partial charge in [0.25, 0.3) is 0 Å². The van der Waals surface area contributed by atoms with E-state index in [1.54, 1.807) is 0 Å². The molecule has 6 nitrogen and oxygen atoms in total. The van der Waals surface area contributed by atoms with Crippen molar-refractivity contribution < 1.29 is 21.6 Å². The fraction of sp³-hybridized carbons (Fsp3) is 0.400. The normalized spacial score (nSPS) is 20.5. The van der Waals surface area contributed by atoms with Crippen molar-refractivity contribution in [1.82, 2.24) is 14.7 Å². The average Bonchev–Trinajstić information content (AvgIpc) is 2.89. The molecule has 0 radical (unpaired) electrons. The Hall–Kier alpha value is -1.91. The third-order valence-corrected chi connectivity index (χ3v) is 4.89. The Balaban J connectivity index is 1.86. The van der Waals surface area contributed by atoms with Crippen LogP contribution in [0.25, 0.3) is 0 Å². The average molecular weight is 374 g/mol. The first-order chi connectivity index (χ1) is 11.6. The molecule has 0 amide bonds. The second-order valence-corrected chi connectivity index (χ2v) is 8.00. The van der Waals surface area contributed by atoms with E-state index in [9.17, 15) is 21.6 Å². The number of benzene rings is 1. The number of sulfonamides is 1. The number of aromatic amines is 1. The first kappa shape index (κ1) is 17.9. The molecule has 0 bridgehead atoms. The summed E-state index contributed by atoms with van der Waals surface area (Å²) in [4.78, 5) is 7.30. The highest BCUT2D eigenvalue weighted by atomic mass is 32.2. The van der Waals surface area contributed by atoms with Crippen molar-refractivity contribution in [3.05, 3.63) is 52.4 Å². The monoisotopic (exact) mass is 374 g/mol. The van der Waals surface area contributed by atoms with Gasteiger partial charge < -0.3 is 10.7 Å². The molecule has 0 saturated heterocycles. The van der Waals surface area contributed by atoms with Crippen molar-refractivity contribution in [2.75, 3.05) is 6.26 Å². The van der Waals surface area contributed by atoms with Crippen LogP contribution in [0.2, 0.25) is 0 Å². The Morgan fingerprint density at radius 1 is 1.24 bits per heavy atom. The second-order valence-electron chi connectivity index (χ2n) is 6.17. The van der Waals surface area contributed by atoms with E-state index in [1.807, 2.05) is 0 Å². The Bertz CT molecular complexity index is 914. The van der Waals surface area contributed by atoms with Crippen molar-refractivity contribution in [2.45, 2.75) is 31.3 Å². The van der Waals surface area contributed by atoms with Crippen LogP contribution < -0.4 is 10.5 Å². The van der Waals surface area contributed by atoms with Gasteiger partial charge in [0.05, 0.1) is 18.5 Å². The molecule has 136 valence electrons. The fourth-order valence-electron chi connectivity index (χ4n) is 3.03. The van der Waals surface area contributed by atoms with Gasteiger partial charge in [0, 0.05) is 30.1 Å². The summed E-state index contributed by atoms with van der Waals surface area (Å²) in [6.45, 7) is -0.00866. The number of rotatable bonds is 4. The second kappa shape index (κ2) is 6.43. The quantitative estimate of drug-likeness (QED) is 0.697. The van der Waals surface area contributed by atoms with Crippen LogP contribution in [0.15, 0.2) is 12.1 Å². The minimum Gasteiger partial charge on any atom is -0.344 e. The van der Waals surface area contributed by atoms with Gasteiger partial charge in [-0.05, 0) is 18.1 Å². The molecule has 4 N–H and O–H groups in total. The standard InChI is InChI=1S/C15H17F3N4O2S/c1-25(23,24)20-6-15-21-13-3-8(12(19)5-14(13)22-15)7-2-10(17)11(18)4-9(7)16/h2,4,8,12,20H,3,5-6,19H2,1H3,(H,21,22). The number of nitrogens with zero attached hydrogens (tertiary/aromatic N) is 1. The van der Waals surface area contributed by atoms with E-state index in [4.69, 9.17) is 5.73 Å². The van der Waals surface area contributed by atoms with Gasteiger partial charge in [-0.3, -0.25) is 0 Å². The van der Waals surface area contributed by atoms with Gasteiger partial charge >= 0.3 is 0 Å². The van der Waals surface area contributed by atoms with Crippen molar-refractivity contribution in [3.63, 3.8) is 0 Å². The number of fused-ring (bicyclic) bond motifs is 1. The van der Waals surface area contributed by atoms with E-state index in [2.05, 4.69) is 14.7 Å². The topological polar surface area (TPSA) is 101 Å². The summed E-state index contributed by atoms with van der Waals surface area (Å²) < 4.78 is 65.3. The minimum absolute atomic E-state index is 0.00866. The summed E-state index contributed by atoms with van der Waals surface area (Å²) >= 11 is 0. The summed E-state index contributed by atoms with van der Waals surface area (Å²) in [7, 11) is -3.36. The van der Waals surface area contributed by atoms with Gasteiger partial charge in [0.15, 0.2) is 11.6 Å². The van der Waals surface area contributed by atoms with Crippen LogP contribution in [0.3, 0.4) is 0 Å². The van der Waals surface area contributed by atoms with Crippen molar-refractivity contribution in [3.8, 4) is 0 Å². The number of aromatic nitrogens is 2. The summed E-state index contributed by atoms with van der Waals surface area (Å²) in [5.74, 6) is -3.37. The summed E-state index contributed by atoms with van der Waals surface area (Å²) in [5.41, 5.74) is 7.45. The predicted molar refractivity (Wildman–Crippen MR) is 84.7 cm³/mol. The lowest BCUT2D eigenvalue weighted by Crippen LogP contribution is -2.36. The Labute approximate surface area is 142 Å². The van der Waals surface area contributed by atoms with Crippen LogP contribution in [0.1, 0.15) is 28.7 Å². The third-order valence-electron chi connectivity index (χ3n) is 4.22. The van der Waals surface area contributed by atoms with E-state index >= 15 is 0 Å². The molecule has 25 heavy (non-hydrogen) atoms. The zero-order valence-electron chi connectivity index (χ0n) is 13.3. The number of halogens is 3. The number of hydrogen-bond donors (Lipinski definition) is 3. The predicted octanol–water partition coefficient (Wildman–Crippen LogP) is 1.09. The largest absolute Gasteiger partial charge is 0.344 e. The molecule has 1 heterocycles. The van der Waals surface area contributed by atoms with Crippen LogP contribution in [-0.4, -0.2) is 30.7 Å². The molecule has 10 heteroatoms. The Morgan fingerprint density at radius 2 is 1.92 bits per heavy atom. The minimum atomic E-state index is -3.36. The Kier molecular flexibility index (Phi) is 4.60. The lowest BCUT2D eigenvalue weighted by Gasteiger charge is -2.28. The maximum Gasteiger partial charge on any atom is 0.209 e. The van der Waals surface area contributed by atoms with Crippen molar-refractivity contribution >= 4 is 10.0 Å². The summed E-state index contributed by atoms with van der Waals surface area (Å²) in [6.07, 6.45) is 1.62. The van der Waals surface area contributed by atoms with Gasteiger partial charge in [-0.1, -0.05) is 0 Å². The lowest BCUT2D eigenvalue weighted by atomic mass is 9.80. The summed E-state index contributed by atoms with van der Waals surface area (Å²) in [6, 6.07) is 0.834. The zero-order chi connectivity index (χ0) is 18.4. The van der Waals surface area contributed by atoms with Gasteiger partial charge in [-0.25, -0.2) is 31.3 Å². The highest BCUT2D eigenvalue weighted by Crippen LogP contribution is 2.33. The molecule has 0 spiro atoms. The van der Waals surface area contributed by atoms with Crippen molar-refractivity contribution in [1.29, 1.82) is 0 Å². The van der Waals surface area contributed by atoms with E-state index in [0.717, 1.165) is 18.0 Å². The Morgan fingerprint density at radius 3 is 2.60 bits per heavy atom. The van der Waals surface area contributed by atoms with Crippen LogP contribution in [-0.2, 0) is 29.4 Å². The van der Waals surface area contributed by atoms with Gasteiger partial charge in [0.1, 0.15) is 11.6 Å². The van der Waals surface area contributed by atoms with Crippen LogP contribution in [0.4, 0.5) is 13.2 Å². The molecule has 0 aliphatic heterocycles. The van der Waals surface area contributed by atoms with Crippen LogP contribution >= 0.6 is 0 Å². The molecule has 1 aliphatic rings. The highest BCUT2D eigenvalue weighted by Gasteiger charge is 2.32. The number of imidazole rings is 1. The molecule has 2 aromatic rings. The van der Waals surface area contributed by atoms with Crippen molar-refractivity contribution in [2.24, 2.45) is 5.73 Å². The maximum atomic E-state index is 14.1. The van der Waals surface area contributed by atoms with Gasteiger partial charge in [-0.2, -0.15) is 0 Å². The molecule has 3 rings (SSSR count). The molecule has 1 aliphatic carbocycles. The summed E-state index contributed by atoms with van der Waals surface area (Å²) in [5, 5.41) is 0. The number of H-pyrrole nitrogens is 1. The highest BCUT2D eigenvalue weighted by molar-refractivity contribution is 7.88. The molecule has 0 saturated carbocycles. The maximum absolute atomic E-state index is 14.1. The van der Waals surface area contributed by atoms with E-state index in [-0.39, 0.29) is 18.5 Å². The lowest BCUT2D eigenvalue weighted by molar-refractivity contribution is 0.447. The molecule has 1 aromatic carbocycles. The van der Waals surface area contributed by atoms with Crippen LogP contribution in [0.5, 0.6) is 0 Å². The van der Waals surface area contributed by atoms with E-state index < -0.39 is 39.4 Å². The first-order valence-electron chi connectivity index (χ1n) is 7.55. The number of nitrogens with one attached hydrogen (secondary N) is 2. The van der Waals surface area contributed by atoms with Gasteiger partial charge in [0.2, 0.25) is 10.0 Å². The van der Waals surface area contributed by atoms with E-state index in [0.29, 0.717) is 24.0 Å². The first-order valence-corrected chi connectivity index (χ1v) is 9.44. The smallest absolute Gasteiger partial charge is 0.209 e. The fourth-order valence-corrected chi connectivity index (χ4v) is 3.42. The molecule has 0 fully saturated rings. The molecule has 2 unspecified atom stereocenters. The molecule has 2 atom stereocenters. The van der Waals surface area contributed by atoms with E-state index in [1.165, 1.54) is 0 Å².